The topological polar surface area (TPSA) is 122 Å². The average Bonchev–Trinajstić information content (AvgIpc) is 2.69. The lowest BCUT2D eigenvalue weighted by molar-refractivity contribution is 0.0997. The van der Waals surface area contributed by atoms with E-state index in [2.05, 4.69) is 20.8 Å². The second-order valence-electron chi connectivity index (χ2n) is 3.33. The van der Waals surface area contributed by atoms with Gasteiger partial charge < -0.3 is 16.5 Å². The minimum absolute atomic E-state index is 0.0647. The summed E-state index contributed by atoms with van der Waals surface area (Å²) in [5.74, 6) is -0.266. The fourth-order valence-electron chi connectivity index (χ4n) is 1.29. The number of nitrogens with one attached hydrogen (secondary N) is 3. The molecular weight excluding hydrogens is 220 g/mol. The Morgan fingerprint density at radius 3 is 2.53 bits per heavy atom. The molecule has 0 saturated heterocycles. The van der Waals surface area contributed by atoms with Crippen molar-refractivity contribution in [1.82, 2.24) is 9.97 Å². The zero-order valence-electron chi connectivity index (χ0n) is 8.90. The van der Waals surface area contributed by atoms with Crippen molar-refractivity contribution in [3.8, 4) is 0 Å². The van der Waals surface area contributed by atoms with Crippen LogP contribution < -0.4 is 22.3 Å². The van der Waals surface area contributed by atoms with Gasteiger partial charge in [0.2, 0.25) is 5.95 Å². The molecule has 1 aromatic carbocycles. The van der Waals surface area contributed by atoms with Crippen LogP contribution in [0.2, 0.25) is 0 Å². The van der Waals surface area contributed by atoms with Gasteiger partial charge in [-0.15, -0.1) is 0 Å². The quantitative estimate of drug-likeness (QED) is 0.492. The predicted molar refractivity (Wildman–Crippen MR) is 65.2 cm³/mol. The van der Waals surface area contributed by atoms with E-state index in [4.69, 9.17) is 11.5 Å². The number of hydrogen-bond acceptors (Lipinski definition) is 5. The number of nitrogen functional groups attached to an aromatic ring is 1. The summed E-state index contributed by atoms with van der Waals surface area (Å²) in [5, 5.41) is 0. The van der Waals surface area contributed by atoms with Crippen molar-refractivity contribution < 1.29 is 4.79 Å². The third-order valence-corrected chi connectivity index (χ3v) is 2.08. The van der Waals surface area contributed by atoms with Crippen LogP contribution in [0.1, 0.15) is 10.5 Å². The maximum absolute atomic E-state index is 10.9. The van der Waals surface area contributed by atoms with Crippen molar-refractivity contribution >= 4 is 23.4 Å². The molecule has 0 unspecified atom stereocenters. The number of amides is 1. The summed E-state index contributed by atoms with van der Waals surface area (Å²) in [6, 6.07) is 9.41. The Kier molecular flexibility index (Phi) is 2.82. The molecule has 1 heterocycles. The Bertz CT molecular complexity index is 521. The molecule has 0 aliphatic carbocycles. The standard InChI is InChI=1S/C10H12N6O/c11-8-7(9(12)17)13-10(14-8)16-15-6-4-2-1-3-5-6/h1-5,15H,11H2,(H2,12,17)(H2,13,14,16). The van der Waals surface area contributed by atoms with Crippen LogP contribution in [-0.2, 0) is 0 Å². The van der Waals surface area contributed by atoms with Gasteiger partial charge in [0.15, 0.2) is 5.82 Å². The number of benzene rings is 1. The molecule has 0 saturated carbocycles. The molecule has 0 bridgehead atoms. The molecule has 1 aromatic heterocycles. The number of aromatic nitrogens is 2. The van der Waals surface area contributed by atoms with Crippen LogP contribution in [0.5, 0.6) is 0 Å². The van der Waals surface area contributed by atoms with Gasteiger partial charge in [0.05, 0.1) is 5.69 Å². The number of hydrazine groups is 1. The summed E-state index contributed by atoms with van der Waals surface area (Å²) in [5.41, 5.74) is 17.2. The molecule has 0 radical (unpaired) electrons. The first-order chi connectivity index (χ1) is 8.16. The Morgan fingerprint density at radius 2 is 1.94 bits per heavy atom. The van der Waals surface area contributed by atoms with Crippen molar-refractivity contribution in [2.75, 3.05) is 16.6 Å². The lowest BCUT2D eigenvalue weighted by atomic mass is 10.3. The lowest BCUT2D eigenvalue weighted by Gasteiger charge is -2.05. The first-order valence-electron chi connectivity index (χ1n) is 4.89. The van der Waals surface area contributed by atoms with Crippen LogP contribution >= 0.6 is 0 Å². The zero-order chi connectivity index (χ0) is 12.3. The molecule has 2 rings (SSSR count). The minimum atomic E-state index is -0.650. The molecule has 88 valence electrons. The van der Waals surface area contributed by atoms with Crippen molar-refractivity contribution in [2.24, 2.45) is 5.73 Å². The number of rotatable bonds is 4. The van der Waals surface area contributed by atoms with Gasteiger partial charge in [0.25, 0.3) is 5.91 Å². The van der Waals surface area contributed by atoms with Gasteiger partial charge >= 0.3 is 0 Å². The Labute approximate surface area is 97.2 Å². The van der Waals surface area contributed by atoms with Crippen LogP contribution in [0.3, 0.4) is 0 Å². The number of primary amides is 1. The van der Waals surface area contributed by atoms with Crippen molar-refractivity contribution in [1.29, 1.82) is 0 Å². The number of H-pyrrole nitrogens is 1. The number of anilines is 3. The molecule has 0 spiro atoms. The Hall–Kier alpha value is -2.70. The minimum Gasteiger partial charge on any atom is -0.382 e. The average molecular weight is 232 g/mol. The molecular formula is C10H12N6O. The summed E-state index contributed by atoms with van der Waals surface area (Å²) in [6.07, 6.45) is 0. The molecule has 17 heavy (non-hydrogen) atoms. The largest absolute Gasteiger partial charge is 0.382 e. The molecule has 2 aromatic rings. The number of nitrogens with two attached hydrogens (primary N) is 2. The number of para-hydroxylation sites is 1. The second kappa shape index (κ2) is 4.44. The summed E-state index contributed by atoms with van der Waals surface area (Å²) < 4.78 is 0. The molecule has 1 amide bonds. The fourth-order valence-corrected chi connectivity index (χ4v) is 1.29. The van der Waals surface area contributed by atoms with Gasteiger partial charge in [-0.3, -0.25) is 15.6 Å². The maximum Gasteiger partial charge on any atom is 0.269 e. The number of nitrogens with zero attached hydrogens (tertiary/aromatic N) is 1. The maximum atomic E-state index is 10.9. The number of carbonyl (C=O) groups is 1. The van der Waals surface area contributed by atoms with Crippen LogP contribution in [0.25, 0.3) is 0 Å². The van der Waals surface area contributed by atoms with E-state index >= 15 is 0 Å². The highest BCUT2D eigenvalue weighted by Crippen LogP contribution is 2.12. The molecule has 0 aliphatic rings. The van der Waals surface area contributed by atoms with Crippen molar-refractivity contribution in [3.05, 3.63) is 36.0 Å². The molecule has 0 atom stereocenters. The summed E-state index contributed by atoms with van der Waals surface area (Å²) in [6.45, 7) is 0. The predicted octanol–water partition coefficient (Wildman–Crippen LogP) is 0.530. The van der Waals surface area contributed by atoms with Crippen LogP contribution in [-0.4, -0.2) is 15.9 Å². The highest BCUT2D eigenvalue weighted by atomic mass is 16.1. The number of carbonyl (C=O) groups excluding carboxylic acids is 1. The summed E-state index contributed by atoms with van der Waals surface area (Å²) in [4.78, 5) is 17.5. The Balaban J connectivity index is 2.05. The molecule has 7 nitrogen and oxygen atoms in total. The number of hydrogen-bond donors (Lipinski definition) is 5. The molecule has 0 aliphatic heterocycles. The van der Waals surface area contributed by atoms with E-state index in [0.717, 1.165) is 5.69 Å². The third-order valence-electron chi connectivity index (χ3n) is 2.08. The van der Waals surface area contributed by atoms with Crippen molar-refractivity contribution in [2.45, 2.75) is 0 Å². The van der Waals surface area contributed by atoms with Gasteiger partial charge in [0.1, 0.15) is 5.69 Å². The monoisotopic (exact) mass is 232 g/mol. The number of aromatic amines is 1. The molecule has 7 N–H and O–H groups in total. The second-order valence-corrected chi connectivity index (χ2v) is 3.33. The van der Waals surface area contributed by atoms with Crippen LogP contribution in [0, 0.1) is 0 Å². The summed E-state index contributed by atoms with van der Waals surface area (Å²) >= 11 is 0. The van der Waals surface area contributed by atoms with E-state index in [9.17, 15) is 4.79 Å². The highest BCUT2D eigenvalue weighted by Gasteiger charge is 2.11. The van der Waals surface area contributed by atoms with Gasteiger partial charge in [0, 0.05) is 0 Å². The normalized spacial score (nSPS) is 9.88. The van der Waals surface area contributed by atoms with E-state index in [1.54, 1.807) is 0 Å². The Morgan fingerprint density at radius 1 is 1.24 bits per heavy atom. The van der Waals surface area contributed by atoms with E-state index < -0.39 is 5.91 Å². The van der Waals surface area contributed by atoms with E-state index in [1.165, 1.54) is 0 Å². The van der Waals surface area contributed by atoms with Crippen LogP contribution in [0.15, 0.2) is 30.3 Å². The smallest absolute Gasteiger partial charge is 0.269 e. The van der Waals surface area contributed by atoms with Gasteiger partial charge in [-0.25, -0.2) is 0 Å². The van der Waals surface area contributed by atoms with Crippen molar-refractivity contribution in [3.63, 3.8) is 0 Å². The SMILES string of the molecule is NC(=O)c1[nH]c(NNc2ccccc2)nc1N. The van der Waals surface area contributed by atoms with Gasteiger partial charge in [-0.05, 0) is 12.1 Å². The van der Waals surface area contributed by atoms with Gasteiger partial charge in [-0.1, -0.05) is 18.2 Å². The summed E-state index contributed by atoms with van der Waals surface area (Å²) in [7, 11) is 0. The zero-order valence-corrected chi connectivity index (χ0v) is 8.90. The van der Waals surface area contributed by atoms with E-state index in [-0.39, 0.29) is 11.5 Å². The first-order valence-corrected chi connectivity index (χ1v) is 4.89. The first kappa shape index (κ1) is 10.8. The van der Waals surface area contributed by atoms with E-state index in [1.807, 2.05) is 30.3 Å². The molecule has 7 heteroatoms. The van der Waals surface area contributed by atoms with E-state index in [0.29, 0.717) is 5.95 Å². The number of imidazole rings is 1. The lowest BCUT2D eigenvalue weighted by Crippen LogP contribution is -2.14. The van der Waals surface area contributed by atoms with Gasteiger partial charge in [-0.2, -0.15) is 4.98 Å². The third kappa shape index (κ3) is 2.46. The van der Waals surface area contributed by atoms with Crippen LogP contribution in [0.4, 0.5) is 17.5 Å². The fraction of sp³-hybridized carbons (Fsp3) is 0. The molecule has 0 fully saturated rings. The highest BCUT2D eigenvalue weighted by molar-refractivity contribution is 5.95.